The number of hydrogen-bond acceptors (Lipinski definition) is 4. The summed E-state index contributed by atoms with van der Waals surface area (Å²) in [6.45, 7) is 8.61. The molecule has 1 N–H and O–H groups in total. The lowest BCUT2D eigenvalue weighted by Crippen LogP contribution is -2.39. The van der Waals surface area contributed by atoms with Crippen molar-refractivity contribution in [1.82, 2.24) is 5.32 Å². The Morgan fingerprint density at radius 3 is 2.68 bits per heavy atom. The summed E-state index contributed by atoms with van der Waals surface area (Å²) in [4.78, 5) is 26.2. The number of hydrogen-bond donors (Lipinski definition) is 1. The third-order valence-electron chi connectivity index (χ3n) is 5.41. The van der Waals surface area contributed by atoms with Gasteiger partial charge in [-0.3, -0.25) is 4.79 Å². The molecule has 0 spiro atoms. The van der Waals surface area contributed by atoms with E-state index in [1.54, 1.807) is 0 Å². The van der Waals surface area contributed by atoms with E-state index < -0.39 is 0 Å². The maximum atomic E-state index is 13.2. The molecule has 1 aromatic rings. The molecule has 0 amide bonds. The highest BCUT2D eigenvalue weighted by atomic mass is 127. The van der Waals surface area contributed by atoms with E-state index in [2.05, 4.69) is 48.7 Å². The first-order valence-electron chi connectivity index (χ1n) is 9.90. The molecule has 3 rings (SSSR count). The van der Waals surface area contributed by atoms with Crippen molar-refractivity contribution in [2.24, 2.45) is 5.41 Å². The van der Waals surface area contributed by atoms with Gasteiger partial charge < -0.3 is 10.1 Å². The SMILES string of the molecule is CCCCOC(=O)C1=C(C)NC2=C(C(=O)CC(C)(C)C2)[C@H]1c1ccccc1I. The van der Waals surface area contributed by atoms with Gasteiger partial charge in [-0.05, 0) is 59.4 Å². The average Bonchev–Trinajstić information content (AvgIpc) is 2.60. The van der Waals surface area contributed by atoms with Crippen molar-refractivity contribution in [3.63, 3.8) is 0 Å². The van der Waals surface area contributed by atoms with E-state index >= 15 is 0 Å². The van der Waals surface area contributed by atoms with Crippen LogP contribution in [0.4, 0.5) is 0 Å². The number of ketones is 1. The monoisotopic (exact) mass is 493 g/mol. The summed E-state index contributed by atoms with van der Waals surface area (Å²) in [6.07, 6.45) is 3.08. The van der Waals surface area contributed by atoms with Crippen LogP contribution in [0.2, 0.25) is 0 Å². The predicted molar refractivity (Wildman–Crippen MR) is 119 cm³/mol. The standard InChI is InChI=1S/C23H28INO3/c1-5-6-11-28-22(27)19-14(2)25-17-12-23(3,4)13-18(26)21(17)20(19)15-9-7-8-10-16(15)24/h7-10,20,25H,5-6,11-13H2,1-4H3/t20-/m0/s1. The number of unbranched alkanes of at least 4 members (excludes halogenated alkanes) is 1. The Morgan fingerprint density at radius 1 is 1.29 bits per heavy atom. The lowest BCUT2D eigenvalue weighted by Gasteiger charge is -2.39. The molecule has 1 heterocycles. The third-order valence-corrected chi connectivity index (χ3v) is 6.39. The summed E-state index contributed by atoms with van der Waals surface area (Å²) in [7, 11) is 0. The first-order valence-corrected chi connectivity index (χ1v) is 11.0. The van der Waals surface area contributed by atoms with Crippen molar-refractivity contribution in [3.05, 3.63) is 55.9 Å². The van der Waals surface area contributed by atoms with E-state index in [0.29, 0.717) is 18.6 Å². The minimum Gasteiger partial charge on any atom is -0.462 e. The van der Waals surface area contributed by atoms with Gasteiger partial charge in [-0.15, -0.1) is 0 Å². The van der Waals surface area contributed by atoms with Crippen LogP contribution in [-0.4, -0.2) is 18.4 Å². The van der Waals surface area contributed by atoms with Crippen molar-refractivity contribution in [3.8, 4) is 0 Å². The minimum atomic E-state index is -0.373. The smallest absolute Gasteiger partial charge is 0.336 e. The number of ether oxygens (including phenoxy) is 1. The Kier molecular flexibility index (Phi) is 6.32. The topological polar surface area (TPSA) is 55.4 Å². The molecule has 0 fully saturated rings. The van der Waals surface area contributed by atoms with Gasteiger partial charge in [-0.2, -0.15) is 0 Å². The van der Waals surface area contributed by atoms with E-state index in [1.807, 2.05) is 31.2 Å². The van der Waals surface area contributed by atoms with Gasteiger partial charge in [0.1, 0.15) is 0 Å². The summed E-state index contributed by atoms with van der Waals surface area (Å²) in [5.41, 5.74) is 3.94. The number of carbonyl (C=O) groups is 2. The minimum absolute atomic E-state index is 0.0866. The van der Waals surface area contributed by atoms with Gasteiger partial charge in [-0.25, -0.2) is 4.79 Å². The number of nitrogens with one attached hydrogen (secondary N) is 1. The van der Waals surface area contributed by atoms with E-state index in [4.69, 9.17) is 4.74 Å². The normalized spacial score (nSPS) is 21.3. The van der Waals surface area contributed by atoms with E-state index in [1.165, 1.54) is 0 Å². The molecule has 0 saturated carbocycles. The van der Waals surface area contributed by atoms with Gasteiger partial charge in [0.05, 0.1) is 12.2 Å². The zero-order valence-corrected chi connectivity index (χ0v) is 19.2. The molecule has 0 aromatic heterocycles. The fourth-order valence-electron chi connectivity index (χ4n) is 4.11. The second kappa shape index (κ2) is 8.39. The Labute approximate surface area is 180 Å². The van der Waals surface area contributed by atoms with Crippen LogP contribution < -0.4 is 5.32 Å². The zero-order valence-electron chi connectivity index (χ0n) is 17.0. The maximum absolute atomic E-state index is 13.2. The van der Waals surface area contributed by atoms with Crippen molar-refractivity contribution in [2.45, 2.75) is 59.3 Å². The molecule has 150 valence electrons. The Hall–Kier alpha value is -1.63. The number of dihydropyridines is 1. The summed E-state index contributed by atoms with van der Waals surface area (Å²) in [6, 6.07) is 7.97. The Morgan fingerprint density at radius 2 is 2.00 bits per heavy atom. The lowest BCUT2D eigenvalue weighted by molar-refractivity contribution is -0.139. The molecule has 4 nitrogen and oxygen atoms in total. The first-order chi connectivity index (χ1) is 13.2. The number of halogens is 1. The molecule has 5 heteroatoms. The zero-order chi connectivity index (χ0) is 20.5. The Balaban J connectivity index is 2.11. The number of Topliss-reactive ketones (excluding diaryl/α,β-unsaturated/α-hetero) is 1. The van der Waals surface area contributed by atoms with Crippen LogP contribution in [0.5, 0.6) is 0 Å². The van der Waals surface area contributed by atoms with Gasteiger partial charge in [0.25, 0.3) is 0 Å². The van der Waals surface area contributed by atoms with Crippen molar-refractivity contribution in [1.29, 1.82) is 0 Å². The summed E-state index contributed by atoms with van der Waals surface area (Å²) in [5, 5.41) is 3.38. The average molecular weight is 493 g/mol. The quantitative estimate of drug-likeness (QED) is 0.347. The second-order valence-electron chi connectivity index (χ2n) is 8.44. The molecule has 0 unspecified atom stereocenters. The van der Waals surface area contributed by atoms with Crippen molar-refractivity contribution >= 4 is 34.3 Å². The highest BCUT2D eigenvalue weighted by Gasteiger charge is 2.43. The fraction of sp³-hybridized carbons (Fsp3) is 0.478. The molecule has 1 atom stereocenters. The van der Waals surface area contributed by atoms with E-state index in [9.17, 15) is 9.59 Å². The second-order valence-corrected chi connectivity index (χ2v) is 9.60. The molecule has 0 saturated heterocycles. The molecule has 0 bridgehead atoms. The van der Waals surface area contributed by atoms with Crippen LogP contribution >= 0.6 is 22.6 Å². The molecular weight excluding hydrogens is 465 g/mol. The van der Waals surface area contributed by atoms with Crippen LogP contribution in [0.3, 0.4) is 0 Å². The largest absolute Gasteiger partial charge is 0.462 e. The molecule has 1 aliphatic carbocycles. The number of esters is 1. The van der Waals surface area contributed by atoms with E-state index in [0.717, 1.165) is 45.4 Å². The third kappa shape index (κ3) is 4.19. The first kappa shape index (κ1) is 21.1. The number of rotatable bonds is 5. The highest BCUT2D eigenvalue weighted by molar-refractivity contribution is 14.1. The number of allylic oxidation sites excluding steroid dienone is 3. The van der Waals surface area contributed by atoms with E-state index in [-0.39, 0.29) is 23.1 Å². The lowest BCUT2D eigenvalue weighted by atomic mass is 9.68. The summed E-state index contributed by atoms with van der Waals surface area (Å²) < 4.78 is 6.61. The van der Waals surface area contributed by atoms with Crippen LogP contribution in [0.15, 0.2) is 46.8 Å². The molecular formula is C23H28INO3. The summed E-state index contributed by atoms with van der Waals surface area (Å²) >= 11 is 2.29. The fourth-order valence-corrected chi connectivity index (χ4v) is 4.81. The van der Waals surface area contributed by atoms with Crippen LogP contribution in [0.1, 0.15) is 64.9 Å². The van der Waals surface area contributed by atoms with Gasteiger partial charge in [0.2, 0.25) is 0 Å². The predicted octanol–water partition coefficient (Wildman–Crippen LogP) is 5.24. The molecule has 1 aliphatic heterocycles. The molecule has 2 aliphatic rings. The molecule has 1 aromatic carbocycles. The Bertz CT molecular complexity index is 866. The number of carbonyl (C=O) groups excluding carboxylic acids is 2. The van der Waals surface area contributed by atoms with Gasteiger partial charge in [-0.1, -0.05) is 45.4 Å². The molecule has 0 radical (unpaired) electrons. The van der Waals surface area contributed by atoms with Crippen LogP contribution in [-0.2, 0) is 14.3 Å². The maximum Gasteiger partial charge on any atom is 0.336 e. The highest BCUT2D eigenvalue weighted by Crippen LogP contribution is 2.47. The van der Waals surface area contributed by atoms with Gasteiger partial charge in [0, 0.05) is 32.9 Å². The van der Waals surface area contributed by atoms with Crippen molar-refractivity contribution < 1.29 is 14.3 Å². The summed E-state index contributed by atoms with van der Waals surface area (Å²) in [5.74, 6) is -0.580. The van der Waals surface area contributed by atoms with Crippen LogP contribution in [0.25, 0.3) is 0 Å². The van der Waals surface area contributed by atoms with Crippen molar-refractivity contribution in [2.75, 3.05) is 6.61 Å². The van der Waals surface area contributed by atoms with Gasteiger partial charge >= 0.3 is 5.97 Å². The molecule has 28 heavy (non-hydrogen) atoms. The number of benzene rings is 1. The van der Waals surface area contributed by atoms with Crippen LogP contribution in [0, 0.1) is 8.99 Å². The van der Waals surface area contributed by atoms with Gasteiger partial charge in [0.15, 0.2) is 5.78 Å².